The fraction of sp³-hybridized carbons (Fsp3) is 0.562. The second kappa shape index (κ2) is 7.41. The molecule has 0 amide bonds. The average molecular weight is 275 g/mol. The second-order valence-corrected chi connectivity index (χ2v) is 4.88. The first kappa shape index (κ1) is 15.0. The van der Waals surface area contributed by atoms with Crippen LogP contribution in [0.5, 0.6) is 0 Å². The number of ether oxygens (including phenoxy) is 1. The Morgan fingerprint density at radius 3 is 2.75 bits per heavy atom. The first-order valence-corrected chi connectivity index (χ1v) is 7.55. The van der Waals surface area contributed by atoms with Crippen molar-refractivity contribution in [3.8, 4) is 0 Å². The first-order valence-electron chi connectivity index (χ1n) is 7.55. The van der Waals surface area contributed by atoms with E-state index in [2.05, 4.69) is 41.9 Å². The SMILES string of the molecule is CCNC(COCC)Cc1nc2ccccc2n1CC. The van der Waals surface area contributed by atoms with Gasteiger partial charge in [-0.2, -0.15) is 0 Å². The summed E-state index contributed by atoms with van der Waals surface area (Å²) < 4.78 is 7.87. The van der Waals surface area contributed by atoms with E-state index < -0.39 is 0 Å². The lowest BCUT2D eigenvalue weighted by atomic mass is 10.2. The van der Waals surface area contributed by atoms with E-state index in [0.717, 1.165) is 44.1 Å². The normalized spacial score (nSPS) is 12.9. The predicted octanol–water partition coefficient (Wildman–Crippen LogP) is 2.61. The Balaban J connectivity index is 2.22. The molecule has 2 aromatic rings. The van der Waals surface area contributed by atoms with Crippen LogP contribution in [0.1, 0.15) is 26.6 Å². The Morgan fingerprint density at radius 1 is 1.25 bits per heavy atom. The molecule has 0 saturated heterocycles. The van der Waals surface area contributed by atoms with Crippen LogP contribution < -0.4 is 5.32 Å². The third-order valence-electron chi connectivity index (χ3n) is 3.49. The number of fused-ring (bicyclic) bond motifs is 1. The molecule has 20 heavy (non-hydrogen) atoms. The highest BCUT2D eigenvalue weighted by Gasteiger charge is 2.15. The minimum atomic E-state index is 0.321. The van der Waals surface area contributed by atoms with Gasteiger partial charge in [0, 0.05) is 25.6 Å². The number of para-hydroxylation sites is 2. The van der Waals surface area contributed by atoms with Crippen LogP contribution in [0.3, 0.4) is 0 Å². The lowest BCUT2D eigenvalue weighted by Gasteiger charge is -2.18. The van der Waals surface area contributed by atoms with Gasteiger partial charge in [0.25, 0.3) is 0 Å². The van der Waals surface area contributed by atoms with Crippen LogP contribution in [0.25, 0.3) is 11.0 Å². The van der Waals surface area contributed by atoms with Crippen molar-refractivity contribution in [3.63, 3.8) is 0 Å². The second-order valence-electron chi connectivity index (χ2n) is 4.88. The highest BCUT2D eigenvalue weighted by molar-refractivity contribution is 5.75. The fourth-order valence-electron chi connectivity index (χ4n) is 2.59. The van der Waals surface area contributed by atoms with Crippen molar-refractivity contribution in [2.24, 2.45) is 0 Å². The van der Waals surface area contributed by atoms with Gasteiger partial charge >= 0.3 is 0 Å². The van der Waals surface area contributed by atoms with E-state index >= 15 is 0 Å². The molecule has 1 atom stereocenters. The van der Waals surface area contributed by atoms with Gasteiger partial charge in [-0.1, -0.05) is 19.1 Å². The number of hydrogen-bond donors (Lipinski definition) is 1. The number of nitrogens with one attached hydrogen (secondary N) is 1. The third-order valence-corrected chi connectivity index (χ3v) is 3.49. The molecule has 0 aliphatic heterocycles. The van der Waals surface area contributed by atoms with Crippen LogP contribution in [0.15, 0.2) is 24.3 Å². The van der Waals surface area contributed by atoms with E-state index in [1.165, 1.54) is 5.52 Å². The van der Waals surface area contributed by atoms with E-state index in [1.54, 1.807) is 0 Å². The van der Waals surface area contributed by atoms with E-state index in [0.29, 0.717) is 6.04 Å². The minimum absolute atomic E-state index is 0.321. The summed E-state index contributed by atoms with van der Waals surface area (Å²) in [6, 6.07) is 8.65. The van der Waals surface area contributed by atoms with Gasteiger partial charge in [-0.05, 0) is 32.5 Å². The maximum Gasteiger partial charge on any atom is 0.111 e. The molecular weight excluding hydrogens is 250 g/mol. The topological polar surface area (TPSA) is 39.1 Å². The molecule has 1 aromatic carbocycles. The Morgan fingerprint density at radius 2 is 2.05 bits per heavy atom. The van der Waals surface area contributed by atoms with Crippen LogP contribution >= 0.6 is 0 Å². The summed E-state index contributed by atoms with van der Waals surface area (Å²) in [5, 5.41) is 3.48. The van der Waals surface area contributed by atoms with Crippen molar-refractivity contribution in [1.29, 1.82) is 0 Å². The molecular formula is C16H25N3O. The van der Waals surface area contributed by atoms with E-state index in [9.17, 15) is 0 Å². The van der Waals surface area contributed by atoms with Crippen molar-refractivity contribution in [2.45, 2.75) is 39.8 Å². The number of aromatic nitrogens is 2. The number of imidazole rings is 1. The highest BCUT2D eigenvalue weighted by atomic mass is 16.5. The molecule has 4 heteroatoms. The van der Waals surface area contributed by atoms with Gasteiger partial charge in [0.05, 0.1) is 17.6 Å². The number of likely N-dealkylation sites (N-methyl/N-ethyl adjacent to an activating group) is 1. The maximum absolute atomic E-state index is 5.57. The molecule has 0 radical (unpaired) electrons. The number of benzene rings is 1. The van der Waals surface area contributed by atoms with Crippen LogP contribution in [0.2, 0.25) is 0 Å². The van der Waals surface area contributed by atoms with Crippen molar-refractivity contribution < 1.29 is 4.74 Å². The molecule has 1 unspecified atom stereocenters. The molecule has 0 bridgehead atoms. The zero-order valence-corrected chi connectivity index (χ0v) is 12.7. The molecule has 1 heterocycles. The Labute approximate surface area is 121 Å². The number of rotatable bonds is 8. The van der Waals surface area contributed by atoms with Gasteiger partial charge < -0.3 is 14.6 Å². The van der Waals surface area contributed by atoms with Crippen molar-refractivity contribution in [3.05, 3.63) is 30.1 Å². The molecule has 0 aliphatic carbocycles. The Kier molecular flexibility index (Phi) is 5.56. The molecule has 0 aliphatic rings. The quantitative estimate of drug-likeness (QED) is 0.805. The Bertz CT molecular complexity index is 536. The molecule has 0 fully saturated rings. The molecule has 0 spiro atoms. The summed E-state index contributed by atoms with van der Waals surface area (Å²) in [7, 11) is 0. The Hall–Kier alpha value is -1.39. The van der Waals surface area contributed by atoms with Crippen LogP contribution in [-0.4, -0.2) is 35.4 Å². The van der Waals surface area contributed by atoms with Gasteiger partial charge in [0.2, 0.25) is 0 Å². The van der Waals surface area contributed by atoms with Crippen LogP contribution in [-0.2, 0) is 17.7 Å². The first-order chi connectivity index (χ1) is 9.80. The summed E-state index contributed by atoms with van der Waals surface area (Å²) in [5.74, 6) is 1.14. The van der Waals surface area contributed by atoms with E-state index in [1.807, 2.05) is 13.0 Å². The smallest absolute Gasteiger partial charge is 0.111 e. The zero-order valence-electron chi connectivity index (χ0n) is 12.7. The maximum atomic E-state index is 5.57. The van der Waals surface area contributed by atoms with Crippen LogP contribution in [0, 0.1) is 0 Å². The average Bonchev–Trinajstić information content (AvgIpc) is 2.82. The monoisotopic (exact) mass is 275 g/mol. The molecule has 4 nitrogen and oxygen atoms in total. The molecule has 0 saturated carbocycles. The van der Waals surface area contributed by atoms with Crippen molar-refractivity contribution in [1.82, 2.24) is 14.9 Å². The lowest BCUT2D eigenvalue weighted by Crippen LogP contribution is -2.36. The number of nitrogens with zero attached hydrogens (tertiary/aromatic N) is 2. The standard InChI is InChI=1S/C16H25N3O/c1-4-17-13(12-20-6-3)11-16-18-14-9-7-8-10-15(14)19(16)5-2/h7-10,13,17H,4-6,11-12H2,1-3H3. The molecule has 2 rings (SSSR count). The minimum Gasteiger partial charge on any atom is -0.380 e. The summed E-state index contributed by atoms with van der Waals surface area (Å²) in [6.45, 7) is 9.71. The predicted molar refractivity (Wildman–Crippen MR) is 83.1 cm³/mol. The third kappa shape index (κ3) is 3.38. The lowest BCUT2D eigenvalue weighted by molar-refractivity contribution is 0.122. The number of hydrogen-bond acceptors (Lipinski definition) is 3. The number of aryl methyl sites for hydroxylation is 1. The highest BCUT2D eigenvalue weighted by Crippen LogP contribution is 2.17. The fourth-order valence-corrected chi connectivity index (χ4v) is 2.59. The zero-order chi connectivity index (χ0) is 14.4. The molecule has 110 valence electrons. The van der Waals surface area contributed by atoms with E-state index in [-0.39, 0.29) is 0 Å². The van der Waals surface area contributed by atoms with Crippen molar-refractivity contribution >= 4 is 11.0 Å². The van der Waals surface area contributed by atoms with Gasteiger partial charge in [-0.15, -0.1) is 0 Å². The van der Waals surface area contributed by atoms with Gasteiger partial charge in [0.1, 0.15) is 5.82 Å². The van der Waals surface area contributed by atoms with Crippen molar-refractivity contribution in [2.75, 3.05) is 19.8 Å². The van der Waals surface area contributed by atoms with Crippen LogP contribution in [0.4, 0.5) is 0 Å². The summed E-state index contributed by atoms with van der Waals surface area (Å²) >= 11 is 0. The van der Waals surface area contributed by atoms with Gasteiger partial charge in [-0.25, -0.2) is 4.98 Å². The van der Waals surface area contributed by atoms with E-state index in [4.69, 9.17) is 9.72 Å². The summed E-state index contributed by atoms with van der Waals surface area (Å²) in [6.07, 6.45) is 0.899. The molecule has 1 N–H and O–H groups in total. The molecule has 1 aromatic heterocycles. The summed E-state index contributed by atoms with van der Waals surface area (Å²) in [4.78, 5) is 4.78. The largest absolute Gasteiger partial charge is 0.380 e. The van der Waals surface area contributed by atoms with Gasteiger partial charge in [-0.3, -0.25) is 0 Å². The summed E-state index contributed by atoms with van der Waals surface area (Å²) in [5.41, 5.74) is 2.30. The van der Waals surface area contributed by atoms with Gasteiger partial charge in [0.15, 0.2) is 0 Å².